The van der Waals surface area contributed by atoms with Gasteiger partial charge in [-0.3, -0.25) is 0 Å². The van der Waals surface area contributed by atoms with Crippen molar-refractivity contribution < 1.29 is 0 Å². The fourth-order valence-corrected chi connectivity index (χ4v) is 2.20. The van der Waals surface area contributed by atoms with Crippen LogP contribution in [0.3, 0.4) is 0 Å². The second-order valence-electron chi connectivity index (χ2n) is 3.31. The number of rotatable bonds is 1. The Kier molecular flexibility index (Phi) is 2.25. The number of anilines is 1. The van der Waals surface area contributed by atoms with Crippen molar-refractivity contribution in [2.24, 2.45) is 0 Å². The van der Waals surface area contributed by atoms with Gasteiger partial charge in [-0.05, 0) is 30.5 Å². The number of thiazole rings is 1. The number of nitrogens with two attached hydrogens (primary N) is 1. The van der Waals surface area contributed by atoms with Crippen LogP contribution in [0.2, 0.25) is 0 Å². The summed E-state index contributed by atoms with van der Waals surface area (Å²) in [7, 11) is 0. The van der Waals surface area contributed by atoms with E-state index in [1.807, 2.05) is 6.20 Å². The average molecular weight is 204 g/mol. The van der Waals surface area contributed by atoms with Crippen molar-refractivity contribution in [3.8, 4) is 10.4 Å². The minimum atomic E-state index is 0.626. The molecule has 0 saturated heterocycles. The summed E-state index contributed by atoms with van der Waals surface area (Å²) in [6.45, 7) is 4.24. The van der Waals surface area contributed by atoms with Crippen LogP contribution in [0.5, 0.6) is 0 Å². The van der Waals surface area contributed by atoms with Crippen molar-refractivity contribution in [1.29, 1.82) is 0 Å². The van der Waals surface area contributed by atoms with Gasteiger partial charge in [-0.25, -0.2) is 4.98 Å². The Morgan fingerprint density at radius 1 is 1.29 bits per heavy atom. The predicted molar refractivity (Wildman–Crippen MR) is 61.4 cm³/mol. The van der Waals surface area contributed by atoms with Crippen molar-refractivity contribution in [3.63, 3.8) is 0 Å². The predicted octanol–water partition coefficient (Wildman–Crippen LogP) is 3.01. The van der Waals surface area contributed by atoms with Gasteiger partial charge in [0.05, 0.1) is 4.88 Å². The summed E-state index contributed by atoms with van der Waals surface area (Å²) >= 11 is 1.53. The Morgan fingerprint density at radius 3 is 2.71 bits per heavy atom. The van der Waals surface area contributed by atoms with E-state index in [9.17, 15) is 0 Å². The molecule has 0 amide bonds. The molecule has 3 heteroatoms. The Balaban J connectivity index is 2.57. The second-order valence-corrected chi connectivity index (χ2v) is 4.37. The van der Waals surface area contributed by atoms with Crippen LogP contribution >= 0.6 is 11.3 Å². The molecule has 2 N–H and O–H groups in total. The third-order valence-corrected chi connectivity index (χ3v) is 3.25. The number of hydrogen-bond donors (Lipinski definition) is 1. The molecular weight excluding hydrogens is 192 g/mol. The van der Waals surface area contributed by atoms with E-state index in [-0.39, 0.29) is 0 Å². The molecule has 0 unspecified atom stereocenters. The number of aromatic nitrogens is 1. The molecule has 2 aromatic rings. The van der Waals surface area contributed by atoms with Gasteiger partial charge in [0.15, 0.2) is 5.13 Å². The Hall–Kier alpha value is -1.35. The minimum absolute atomic E-state index is 0.626. The molecule has 0 aliphatic rings. The summed E-state index contributed by atoms with van der Waals surface area (Å²) < 4.78 is 0. The summed E-state index contributed by atoms with van der Waals surface area (Å²) in [5, 5.41) is 0.626. The van der Waals surface area contributed by atoms with Crippen molar-refractivity contribution in [2.75, 3.05) is 5.73 Å². The van der Waals surface area contributed by atoms with E-state index < -0.39 is 0 Å². The first-order chi connectivity index (χ1) is 6.68. The van der Waals surface area contributed by atoms with E-state index in [0.717, 1.165) is 4.88 Å². The van der Waals surface area contributed by atoms with Gasteiger partial charge in [0, 0.05) is 6.20 Å². The molecule has 0 atom stereocenters. The van der Waals surface area contributed by atoms with E-state index in [0.29, 0.717) is 5.13 Å². The highest BCUT2D eigenvalue weighted by Crippen LogP contribution is 2.30. The van der Waals surface area contributed by atoms with Crippen LogP contribution in [-0.2, 0) is 0 Å². The van der Waals surface area contributed by atoms with E-state index in [1.54, 1.807) is 0 Å². The molecule has 1 aromatic heterocycles. The lowest BCUT2D eigenvalue weighted by atomic mass is 10.0. The summed E-state index contributed by atoms with van der Waals surface area (Å²) in [4.78, 5) is 5.20. The molecular formula is C11H12N2S. The zero-order valence-corrected chi connectivity index (χ0v) is 9.06. The van der Waals surface area contributed by atoms with Crippen LogP contribution in [-0.4, -0.2) is 4.98 Å². The van der Waals surface area contributed by atoms with E-state index >= 15 is 0 Å². The highest BCUT2D eigenvalue weighted by atomic mass is 32.1. The van der Waals surface area contributed by atoms with Crippen LogP contribution in [0.15, 0.2) is 24.4 Å². The number of hydrogen-bond acceptors (Lipinski definition) is 3. The zero-order valence-electron chi connectivity index (χ0n) is 8.24. The third-order valence-electron chi connectivity index (χ3n) is 2.39. The fourth-order valence-electron chi connectivity index (χ4n) is 1.43. The van der Waals surface area contributed by atoms with Crippen molar-refractivity contribution in [2.45, 2.75) is 13.8 Å². The lowest BCUT2D eigenvalue weighted by Gasteiger charge is -2.05. The Morgan fingerprint density at radius 2 is 2.07 bits per heavy atom. The molecule has 2 rings (SSSR count). The Bertz CT molecular complexity index is 460. The van der Waals surface area contributed by atoms with Crippen molar-refractivity contribution in [1.82, 2.24) is 4.98 Å². The van der Waals surface area contributed by atoms with Gasteiger partial charge in [0.25, 0.3) is 0 Å². The highest BCUT2D eigenvalue weighted by molar-refractivity contribution is 7.18. The van der Waals surface area contributed by atoms with Crippen LogP contribution in [0.1, 0.15) is 11.1 Å². The van der Waals surface area contributed by atoms with Crippen molar-refractivity contribution in [3.05, 3.63) is 35.5 Å². The molecule has 72 valence electrons. The summed E-state index contributed by atoms with van der Waals surface area (Å²) in [5.41, 5.74) is 9.45. The van der Waals surface area contributed by atoms with Crippen LogP contribution in [0.4, 0.5) is 5.13 Å². The molecule has 0 fully saturated rings. The maximum atomic E-state index is 5.61. The molecule has 2 nitrogen and oxygen atoms in total. The topological polar surface area (TPSA) is 38.9 Å². The van der Waals surface area contributed by atoms with E-state index in [2.05, 4.69) is 37.0 Å². The first-order valence-corrected chi connectivity index (χ1v) is 5.28. The van der Waals surface area contributed by atoms with Gasteiger partial charge in [0.1, 0.15) is 0 Å². The highest BCUT2D eigenvalue weighted by Gasteiger charge is 2.06. The molecule has 0 saturated carbocycles. The van der Waals surface area contributed by atoms with Crippen LogP contribution in [0, 0.1) is 13.8 Å². The Labute approximate surface area is 87.4 Å². The molecule has 0 bridgehead atoms. The maximum absolute atomic E-state index is 5.61. The summed E-state index contributed by atoms with van der Waals surface area (Å²) in [6, 6.07) is 6.28. The van der Waals surface area contributed by atoms with Gasteiger partial charge in [0.2, 0.25) is 0 Å². The van der Waals surface area contributed by atoms with Gasteiger partial charge in [-0.1, -0.05) is 29.5 Å². The number of aryl methyl sites for hydroxylation is 1. The molecule has 1 heterocycles. The van der Waals surface area contributed by atoms with Gasteiger partial charge in [-0.15, -0.1) is 0 Å². The van der Waals surface area contributed by atoms with E-state index in [1.165, 1.54) is 28.0 Å². The van der Waals surface area contributed by atoms with Gasteiger partial charge >= 0.3 is 0 Å². The first-order valence-electron chi connectivity index (χ1n) is 4.46. The SMILES string of the molecule is Cc1cccc(-c2cnc(N)s2)c1C. The second kappa shape index (κ2) is 3.42. The smallest absolute Gasteiger partial charge is 0.180 e. The zero-order chi connectivity index (χ0) is 10.1. The minimum Gasteiger partial charge on any atom is -0.375 e. The number of nitrogen functional groups attached to an aromatic ring is 1. The van der Waals surface area contributed by atoms with Gasteiger partial charge in [-0.2, -0.15) is 0 Å². The standard InChI is InChI=1S/C11H12N2S/c1-7-4-3-5-9(8(7)2)10-6-13-11(12)14-10/h3-6H,1-2H3,(H2,12,13). The largest absolute Gasteiger partial charge is 0.375 e. The molecule has 14 heavy (non-hydrogen) atoms. The van der Waals surface area contributed by atoms with E-state index in [4.69, 9.17) is 5.73 Å². The molecule has 0 spiro atoms. The summed E-state index contributed by atoms with van der Waals surface area (Å²) in [5.74, 6) is 0. The lowest BCUT2D eigenvalue weighted by Crippen LogP contribution is -1.83. The van der Waals surface area contributed by atoms with Crippen molar-refractivity contribution >= 4 is 16.5 Å². The quantitative estimate of drug-likeness (QED) is 0.775. The number of nitrogens with zero attached hydrogens (tertiary/aromatic N) is 1. The first kappa shape index (κ1) is 9.21. The lowest BCUT2D eigenvalue weighted by molar-refractivity contribution is 1.34. The molecule has 1 aromatic carbocycles. The van der Waals surface area contributed by atoms with Gasteiger partial charge < -0.3 is 5.73 Å². The number of benzene rings is 1. The monoisotopic (exact) mass is 204 g/mol. The normalized spacial score (nSPS) is 10.4. The molecule has 0 aliphatic carbocycles. The molecule has 0 radical (unpaired) electrons. The summed E-state index contributed by atoms with van der Waals surface area (Å²) in [6.07, 6.45) is 1.84. The third kappa shape index (κ3) is 1.51. The fraction of sp³-hybridized carbons (Fsp3) is 0.182. The average Bonchev–Trinajstić information content (AvgIpc) is 2.57. The van der Waals surface area contributed by atoms with Crippen LogP contribution < -0.4 is 5.73 Å². The van der Waals surface area contributed by atoms with Crippen LogP contribution in [0.25, 0.3) is 10.4 Å². The molecule has 0 aliphatic heterocycles. The maximum Gasteiger partial charge on any atom is 0.180 e.